The van der Waals surface area contributed by atoms with Crippen molar-refractivity contribution in [2.45, 2.75) is 139 Å². The smallest absolute Gasteiger partial charge is 0.252 e. The third kappa shape index (κ3) is 9.69. The molecule has 406 valence electrons. The number of fused-ring (bicyclic) bond motifs is 8. The Morgan fingerprint density at radius 3 is 1.70 bits per heavy atom. The first-order valence-electron chi connectivity index (χ1n) is 29.4. The van der Waals surface area contributed by atoms with Crippen molar-refractivity contribution in [2.24, 2.45) is 5.41 Å². The molecule has 4 nitrogen and oxygen atoms in total. The van der Waals surface area contributed by atoms with Crippen LogP contribution in [-0.2, 0) is 22.7 Å². The number of aryl methyl sites for hydroxylation is 1. The molecule has 1 aromatic heterocycles. The highest BCUT2D eigenvalue weighted by Gasteiger charge is 2.45. The number of allylic oxidation sites excluding steroid dienone is 6. The fourth-order valence-corrected chi connectivity index (χ4v) is 12.5. The van der Waals surface area contributed by atoms with Gasteiger partial charge in [0, 0.05) is 74.4 Å². The standard InChI is InChI=1S/C73H76BN3O.C2H6/c1-46-39-66-69-67(40-46)77(54-30-22-48(23-31-54)49-24-37-68-57(41-49)47(2)19-16-15-17-38-78-68)65-45-64-59(58-42-52(72(9,10)11)20-18-21-62(58)75(64)55-32-25-50(26-33-55)70(3,4)5)44-61(65)74(69)60-43-53(73(12,13)14)29-36-63(60)76(66)56-34-27-51(28-35-56)71(6,7)8;1-2/h15-20,22-37,39-45,47H,21,38H2,1-14H3;1-2H3/b17-15-,19-16-;. The van der Waals surface area contributed by atoms with E-state index >= 15 is 0 Å². The molecule has 1 atom stereocenters. The Labute approximate surface area is 479 Å². The van der Waals surface area contributed by atoms with Gasteiger partial charge in [-0.15, -0.1) is 0 Å². The first-order chi connectivity index (χ1) is 38.0. The molecule has 80 heavy (non-hydrogen) atoms. The lowest BCUT2D eigenvalue weighted by Crippen LogP contribution is -2.61. The zero-order valence-electron chi connectivity index (χ0n) is 50.6. The second-order valence-corrected chi connectivity index (χ2v) is 26.7. The summed E-state index contributed by atoms with van der Waals surface area (Å²) in [5.74, 6) is 1.15. The molecule has 0 bridgehead atoms. The van der Waals surface area contributed by atoms with Gasteiger partial charge in [0.25, 0.3) is 6.71 Å². The van der Waals surface area contributed by atoms with E-state index < -0.39 is 0 Å². The van der Waals surface area contributed by atoms with Crippen LogP contribution in [0.5, 0.6) is 5.75 Å². The minimum Gasteiger partial charge on any atom is -0.489 e. The van der Waals surface area contributed by atoms with Crippen molar-refractivity contribution in [2.75, 3.05) is 16.4 Å². The lowest BCUT2D eigenvalue weighted by atomic mass is 9.33. The van der Waals surface area contributed by atoms with Gasteiger partial charge < -0.3 is 19.1 Å². The van der Waals surface area contributed by atoms with Gasteiger partial charge in [-0.3, -0.25) is 0 Å². The zero-order chi connectivity index (χ0) is 56.8. The van der Waals surface area contributed by atoms with Gasteiger partial charge in [-0.25, -0.2) is 0 Å². The average molecular weight is 1050 g/mol. The minimum atomic E-state index is -0.0626. The van der Waals surface area contributed by atoms with E-state index in [0.717, 1.165) is 17.9 Å². The molecule has 4 heterocycles. The second kappa shape index (κ2) is 20.2. The normalized spacial score (nSPS) is 16.5. The fourth-order valence-electron chi connectivity index (χ4n) is 12.5. The number of ether oxygens (including phenoxy) is 1. The SMILES string of the molecule is CC.Cc1cc2c3c(c1)N(c1ccc(-c4ccc5c(c4)C(C)/C=C\C=C/CO5)cc1)c1cc4c(cc1B3c1cc(C(C)(C)C)ccc1N2c1ccc(C(C)(C)C)cc1)c1c(n4-c2ccc(C(C)(C)C)cc2)CC=CC(C(C)(C)C)=C1. The Bertz CT molecular complexity index is 3810. The van der Waals surface area contributed by atoms with Crippen LogP contribution in [0.15, 0.2) is 175 Å². The van der Waals surface area contributed by atoms with Crippen molar-refractivity contribution < 1.29 is 4.74 Å². The summed E-state index contributed by atoms with van der Waals surface area (Å²) >= 11 is 0. The Morgan fingerprint density at radius 1 is 0.525 bits per heavy atom. The molecule has 1 aliphatic carbocycles. The zero-order valence-corrected chi connectivity index (χ0v) is 50.6. The molecule has 0 N–H and O–H groups in total. The number of rotatable bonds is 4. The summed E-state index contributed by atoms with van der Waals surface area (Å²) in [6.07, 6.45) is 16.6. The van der Waals surface area contributed by atoms with Crippen molar-refractivity contribution in [3.05, 3.63) is 215 Å². The van der Waals surface area contributed by atoms with Crippen LogP contribution in [0.4, 0.5) is 34.1 Å². The van der Waals surface area contributed by atoms with Crippen molar-refractivity contribution in [3.63, 3.8) is 0 Å². The molecule has 0 spiro atoms. The largest absolute Gasteiger partial charge is 0.489 e. The summed E-state index contributed by atoms with van der Waals surface area (Å²) in [5.41, 5.74) is 26.3. The Hall–Kier alpha value is -7.50. The summed E-state index contributed by atoms with van der Waals surface area (Å²) < 4.78 is 8.85. The van der Waals surface area contributed by atoms with Crippen LogP contribution in [0.3, 0.4) is 0 Å². The van der Waals surface area contributed by atoms with Gasteiger partial charge in [0.15, 0.2) is 0 Å². The predicted octanol–water partition coefficient (Wildman–Crippen LogP) is 18.8. The van der Waals surface area contributed by atoms with Crippen LogP contribution in [0, 0.1) is 12.3 Å². The van der Waals surface area contributed by atoms with Crippen molar-refractivity contribution in [3.8, 4) is 22.6 Å². The van der Waals surface area contributed by atoms with Crippen LogP contribution in [0.1, 0.15) is 149 Å². The van der Waals surface area contributed by atoms with E-state index in [1.54, 1.807) is 0 Å². The maximum Gasteiger partial charge on any atom is 0.252 e. The van der Waals surface area contributed by atoms with Crippen molar-refractivity contribution >= 4 is 74.2 Å². The summed E-state index contributed by atoms with van der Waals surface area (Å²) in [7, 11) is 0. The Kier molecular flexibility index (Phi) is 13.8. The van der Waals surface area contributed by atoms with Gasteiger partial charge in [0.1, 0.15) is 12.4 Å². The molecule has 4 aliphatic rings. The summed E-state index contributed by atoms with van der Waals surface area (Å²) in [6, 6.07) is 52.2. The highest BCUT2D eigenvalue weighted by atomic mass is 16.5. The highest BCUT2D eigenvalue weighted by Crippen LogP contribution is 2.48. The van der Waals surface area contributed by atoms with Gasteiger partial charge in [0.2, 0.25) is 0 Å². The quantitative estimate of drug-likeness (QED) is 0.164. The first kappa shape index (κ1) is 54.5. The molecular formula is C75H82BN3O. The summed E-state index contributed by atoms with van der Waals surface area (Å²) in [5, 5.41) is 1.29. The van der Waals surface area contributed by atoms with E-state index in [1.165, 1.54) is 117 Å². The average Bonchev–Trinajstić information content (AvgIpc) is 3.36. The molecule has 0 fully saturated rings. The Morgan fingerprint density at radius 2 is 1.09 bits per heavy atom. The van der Waals surface area contributed by atoms with Crippen LogP contribution in [-0.4, -0.2) is 17.9 Å². The number of benzene rings is 7. The topological polar surface area (TPSA) is 20.6 Å². The Balaban J connectivity index is 0.00000334. The van der Waals surface area contributed by atoms with E-state index in [4.69, 9.17) is 4.74 Å². The molecular weight excluding hydrogens is 970 g/mol. The van der Waals surface area contributed by atoms with Crippen molar-refractivity contribution in [1.82, 2.24) is 4.57 Å². The fraction of sp³-hybridized carbons (Fsp3) is 0.307. The highest BCUT2D eigenvalue weighted by molar-refractivity contribution is 7.00. The molecule has 5 heteroatoms. The maximum absolute atomic E-state index is 6.27. The molecule has 0 saturated heterocycles. The molecule has 0 radical (unpaired) electrons. The minimum absolute atomic E-state index is 0.0323. The van der Waals surface area contributed by atoms with Crippen LogP contribution in [0.2, 0.25) is 0 Å². The number of aromatic nitrogens is 1. The summed E-state index contributed by atoms with van der Waals surface area (Å²) in [6.45, 7) is 36.9. The third-order valence-corrected chi connectivity index (χ3v) is 17.0. The molecule has 12 rings (SSSR count). The first-order valence-corrected chi connectivity index (χ1v) is 29.4. The molecule has 0 amide bonds. The van der Waals surface area contributed by atoms with Gasteiger partial charge in [-0.1, -0.05) is 195 Å². The summed E-state index contributed by atoms with van der Waals surface area (Å²) in [4.78, 5) is 5.16. The lowest BCUT2D eigenvalue weighted by Gasteiger charge is -2.45. The van der Waals surface area contributed by atoms with Crippen LogP contribution in [0.25, 0.3) is 33.8 Å². The maximum atomic E-state index is 6.27. The van der Waals surface area contributed by atoms with Crippen LogP contribution < -0.4 is 30.9 Å². The lowest BCUT2D eigenvalue weighted by molar-refractivity contribution is 0.358. The number of hydrogen-bond acceptors (Lipinski definition) is 3. The van der Waals surface area contributed by atoms with Crippen molar-refractivity contribution in [1.29, 1.82) is 0 Å². The molecule has 3 aliphatic heterocycles. The van der Waals surface area contributed by atoms with Gasteiger partial charge in [-0.05, 0) is 169 Å². The van der Waals surface area contributed by atoms with Gasteiger partial charge in [-0.2, -0.15) is 0 Å². The number of hydrogen-bond donors (Lipinski definition) is 0. The van der Waals surface area contributed by atoms with E-state index in [0.29, 0.717) is 6.61 Å². The van der Waals surface area contributed by atoms with Gasteiger partial charge >= 0.3 is 0 Å². The molecule has 1 unspecified atom stereocenters. The number of anilines is 6. The van der Waals surface area contributed by atoms with Crippen LogP contribution >= 0.6 is 0 Å². The molecule has 7 aromatic carbocycles. The number of nitrogens with zero attached hydrogens (tertiary/aromatic N) is 3. The second-order valence-electron chi connectivity index (χ2n) is 26.7. The molecule has 0 saturated carbocycles. The van der Waals surface area contributed by atoms with E-state index in [1.807, 2.05) is 13.8 Å². The van der Waals surface area contributed by atoms with E-state index in [2.05, 4.69) is 287 Å². The van der Waals surface area contributed by atoms with E-state index in [9.17, 15) is 0 Å². The third-order valence-electron chi connectivity index (χ3n) is 17.0. The van der Waals surface area contributed by atoms with E-state index in [-0.39, 0.29) is 34.3 Å². The van der Waals surface area contributed by atoms with Gasteiger partial charge in [0.05, 0.1) is 5.52 Å². The predicted molar refractivity (Wildman–Crippen MR) is 347 cm³/mol. The molecule has 8 aromatic rings. The monoisotopic (exact) mass is 1050 g/mol.